The summed E-state index contributed by atoms with van der Waals surface area (Å²) in [7, 11) is 0. The van der Waals surface area contributed by atoms with Crippen LogP contribution in [0.2, 0.25) is 0 Å². The fraction of sp³-hybridized carbons (Fsp3) is 0.300. The molecule has 0 radical (unpaired) electrons. The van der Waals surface area contributed by atoms with Gasteiger partial charge in [-0.25, -0.2) is 4.79 Å². The number of nitrogens with one attached hydrogen (secondary N) is 1. The van der Waals surface area contributed by atoms with Gasteiger partial charge in [-0.1, -0.05) is 11.8 Å². The highest BCUT2D eigenvalue weighted by Crippen LogP contribution is 2.16. The Morgan fingerprint density at radius 3 is 2.71 bits per heavy atom. The monoisotopic (exact) mass is 273 g/mol. The van der Waals surface area contributed by atoms with E-state index in [1.807, 2.05) is 0 Å². The van der Waals surface area contributed by atoms with Gasteiger partial charge in [-0.15, -0.1) is 0 Å². The number of thiophene rings is 1. The Balaban J connectivity index is 2.49. The molecule has 1 amide bonds. The molecule has 7 heteroatoms. The Morgan fingerprint density at radius 2 is 2.24 bits per heavy atom. The molecule has 2 N–H and O–H groups in total. The van der Waals surface area contributed by atoms with Crippen LogP contribution in [-0.4, -0.2) is 33.9 Å². The van der Waals surface area contributed by atoms with Crippen molar-refractivity contribution >= 4 is 40.1 Å². The molecule has 5 nitrogen and oxygen atoms in total. The maximum atomic E-state index is 11.6. The fourth-order valence-corrected chi connectivity index (χ4v) is 2.59. The Labute approximate surface area is 106 Å². The van der Waals surface area contributed by atoms with Crippen molar-refractivity contribution in [3.8, 4) is 0 Å². The first kappa shape index (κ1) is 13.7. The number of carbonyl (C=O) groups is 3. The molecule has 1 aromatic rings. The molecule has 0 aliphatic rings. The van der Waals surface area contributed by atoms with Crippen LogP contribution in [0.15, 0.2) is 16.8 Å². The summed E-state index contributed by atoms with van der Waals surface area (Å²) in [6.07, 6.45) is 0. The number of hydrogen-bond acceptors (Lipinski definition) is 5. The Morgan fingerprint density at radius 1 is 1.53 bits per heavy atom. The topological polar surface area (TPSA) is 83.5 Å². The number of amides is 1. The lowest BCUT2D eigenvalue weighted by Crippen LogP contribution is -2.41. The van der Waals surface area contributed by atoms with E-state index in [4.69, 9.17) is 5.11 Å². The van der Waals surface area contributed by atoms with Gasteiger partial charge in [0.1, 0.15) is 6.04 Å². The molecule has 0 aromatic carbocycles. The van der Waals surface area contributed by atoms with Gasteiger partial charge in [0.25, 0.3) is 0 Å². The summed E-state index contributed by atoms with van der Waals surface area (Å²) in [5, 5.41) is 14.4. The molecule has 92 valence electrons. The summed E-state index contributed by atoms with van der Waals surface area (Å²) in [6, 6.07) is 0.633. The van der Waals surface area contributed by atoms with Crippen molar-refractivity contribution in [3.63, 3.8) is 0 Å². The van der Waals surface area contributed by atoms with E-state index in [-0.39, 0.29) is 10.9 Å². The summed E-state index contributed by atoms with van der Waals surface area (Å²) in [5.41, 5.74) is 0.548. The molecule has 1 heterocycles. The van der Waals surface area contributed by atoms with Gasteiger partial charge in [0.2, 0.25) is 11.0 Å². The van der Waals surface area contributed by atoms with Crippen LogP contribution in [-0.2, 0) is 9.59 Å². The van der Waals surface area contributed by atoms with Crippen LogP contribution >= 0.6 is 23.1 Å². The second-order valence-corrected chi connectivity index (χ2v) is 4.97. The summed E-state index contributed by atoms with van der Waals surface area (Å²) in [4.78, 5) is 33.1. The summed E-state index contributed by atoms with van der Waals surface area (Å²) < 4.78 is 0. The van der Waals surface area contributed by atoms with E-state index in [2.05, 4.69) is 5.32 Å². The third kappa shape index (κ3) is 4.58. The molecule has 0 fully saturated rings. The number of hydrogen-bond donors (Lipinski definition) is 2. The molecule has 17 heavy (non-hydrogen) atoms. The predicted molar refractivity (Wildman–Crippen MR) is 66.3 cm³/mol. The van der Waals surface area contributed by atoms with Crippen LogP contribution in [0.5, 0.6) is 0 Å². The lowest BCUT2D eigenvalue weighted by molar-refractivity contribution is -0.140. The molecule has 0 bridgehead atoms. The first-order valence-corrected chi connectivity index (χ1v) is 6.62. The van der Waals surface area contributed by atoms with Gasteiger partial charge in [0.05, 0.1) is 0 Å². The molecule has 0 saturated heterocycles. The highest BCUT2D eigenvalue weighted by molar-refractivity contribution is 8.14. The van der Waals surface area contributed by atoms with Gasteiger partial charge in [-0.2, -0.15) is 11.3 Å². The molecule has 1 atom stereocenters. The highest BCUT2D eigenvalue weighted by Gasteiger charge is 2.20. The molecular formula is C10H11NO4S2. The van der Waals surface area contributed by atoms with Crippen LogP contribution in [0.4, 0.5) is 0 Å². The van der Waals surface area contributed by atoms with Crippen molar-refractivity contribution in [3.05, 3.63) is 22.4 Å². The van der Waals surface area contributed by atoms with Crippen molar-refractivity contribution in [2.75, 3.05) is 5.75 Å². The van der Waals surface area contributed by atoms with E-state index in [1.54, 1.807) is 16.8 Å². The predicted octanol–water partition coefficient (Wildman–Crippen LogP) is 1.21. The smallest absolute Gasteiger partial charge is 0.327 e. The fourth-order valence-electron chi connectivity index (χ4n) is 1.04. The van der Waals surface area contributed by atoms with Crippen LogP contribution in [0, 0.1) is 0 Å². The zero-order chi connectivity index (χ0) is 12.8. The Kier molecular flexibility index (Phi) is 5.17. The van der Waals surface area contributed by atoms with Gasteiger partial charge in [0, 0.05) is 23.6 Å². The number of thioether (sulfide) groups is 1. The van der Waals surface area contributed by atoms with E-state index in [9.17, 15) is 14.4 Å². The summed E-state index contributed by atoms with van der Waals surface area (Å²) >= 11 is 2.28. The van der Waals surface area contributed by atoms with Crippen LogP contribution in [0.3, 0.4) is 0 Å². The third-order valence-corrected chi connectivity index (χ3v) is 3.49. The minimum atomic E-state index is -1.15. The maximum absolute atomic E-state index is 11.6. The van der Waals surface area contributed by atoms with E-state index < -0.39 is 17.9 Å². The number of carbonyl (C=O) groups excluding carboxylic acids is 2. The number of carboxylic acids is 1. The van der Waals surface area contributed by atoms with Crippen LogP contribution < -0.4 is 5.32 Å². The Hall–Kier alpha value is -1.34. The largest absolute Gasteiger partial charge is 0.480 e. The molecule has 0 spiro atoms. The quantitative estimate of drug-likeness (QED) is 0.842. The van der Waals surface area contributed by atoms with E-state index in [0.29, 0.717) is 5.56 Å². The average Bonchev–Trinajstić information content (AvgIpc) is 2.76. The maximum Gasteiger partial charge on any atom is 0.327 e. The minimum Gasteiger partial charge on any atom is -0.480 e. The zero-order valence-electron chi connectivity index (χ0n) is 9.00. The molecule has 0 saturated carbocycles. The highest BCUT2D eigenvalue weighted by atomic mass is 32.2. The first-order chi connectivity index (χ1) is 8.00. The van der Waals surface area contributed by atoms with Gasteiger partial charge >= 0.3 is 5.97 Å². The zero-order valence-corrected chi connectivity index (χ0v) is 10.6. The lowest BCUT2D eigenvalue weighted by atomic mass is 10.3. The van der Waals surface area contributed by atoms with Crippen molar-refractivity contribution in [1.82, 2.24) is 5.32 Å². The van der Waals surface area contributed by atoms with E-state index >= 15 is 0 Å². The van der Waals surface area contributed by atoms with Gasteiger partial charge < -0.3 is 10.4 Å². The normalized spacial score (nSPS) is 11.8. The molecular weight excluding hydrogens is 262 g/mol. The van der Waals surface area contributed by atoms with Crippen LogP contribution in [0.25, 0.3) is 0 Å². The van der Waals surface area contributed by atoms with Gasteiger partial charge in [-0.3, -0.25) is 9.59 Å². The molecule has 0 aliphatic carbocycles. The molecule has 0 unspecified atom stereocenters. The SMILES string of the molecule is CC(=O)N[C@@H](CSC(=O)c1ccsc1)C(=O)O. The van der Waals surface area contributed by atoms with Crippen molar-refractivity contribution < 1.29 is 19.5 Å². The Bertz CT molecular complexity index is 416. The van der Waals surface area contributed by atoms with Crippen molar-refractivity contribution in [2.24, 2.45) is 0 Å². The summed E-state index contributed by atoms with van der Waals surface area (Å²) in [5.74, 6) is -1.56. The average molecular weight is 273 g/mol. The van der Waals surface area contributed by atoms with E-state index in [1.165, 1.54) is 18.3 Å². The molecule has 0 aliphatic heterocycles. The molecule has 1 aromatic heterocycles. The lowest BCUT2D eigenvalue weighted by Gasteiger charge is -2.11. The number of aliphatic carboxylic acids is 1. The number of carboxylic acid groups (broad SMARTS) is 1. The third-order valence-electron chi connectivity index (χ3n) is 1.81. The van der Waals surface area contributed by atoms with Crippen LogP contribution in [0.1, 0.15) is 17.3 Å². The first-order valence-electron chi connectivity index (χ1n) is 4.70. The standard InChI is InChI=1S/C10H11NO4S2/c1-6(12)11-8(9(13)14)5-17-10(15)7-2-3-16-4-7/h2-4,8H,5H2,1H3,(H,11,12)(H,13,14)/t8-/m0/s1. The van der Waals surface area contributed by atoms with Gasteiger partial charge in [-0.05, 0) is 11.4 Å². The van der Waals surface area contributed by atoms with Crippen molar-refractivity contribution in [2.45, 2.75) is 13.0 Å². The van der Waals surface area contributed by atoms with Crippen molar-refractivity contribution in [1.29, 1.82) is 0 Å². The number of rotatable bonds is 5. The van der Waals surface area contributed by atoms with E-state index in [0.717, 1.165) is 11.8 Å². The second-order valence-electron chi connectivity index (χ2n) is 3.20. The van der Waals surface area contributed by atoms with Gasteiger partial charge in [0.15, 0.2) is 0 Å². The minimum absolute atomic E-state index is 0.0175. The molecule has 1 rings (SSSR count). The second kappa shape index (κ2) is 6.41. The summed E-state index contributed by atoms with van der Waals surface area (Å²) in [6.45, 7) is 1.24.